The minimum absolute atomic E-state index is 0.163. The number of hydrogen-bond acceptors (Lipinski definition) is 6. The number of hydrogen-bond donors (Lipinski definition) is 1. The van der Waals surface area contributed by atoms with Crippen molar-refractivity contribution in [2.45, 2.75) is 17.5 Å². The van der Waals surface area contributed by atoms with E-state index < -0.39 is 51.6 Å². The Kier molecular flexibility index (Phi) is 5.65. The third kappa shape index (κ3) is 3.49. The summed E-state index contributed by atoms with van der Waals surface area (Å²) in [4.78, 5) is 56.1. The SMILES string of the molecule is O=C(c1ccc([N+](=O)[O-])cc1)[C@@H]1[C@H](C(=O)c2ccc(F)cc2)[C@]2(C(=O)Nc3ccccc32)[C@@H]2C=Cc3ccccc3N12. The number of amides is 1. The van der Waals surface area contributed by atoms with Gasteiger partial charge in [0, 0.05) is 34.6 Å². The Hall–Kier alpha value is -5.44. The van der Waals surface area contributed by atoms with Crippen LogP contribution in [0.25, 0.3) is 6.08 Å². The van der Waals surface area contributed by atoms with Crippen LogP contribution in [0.2, 0.25) is 0 Å². The molecule has 4 atom stereocenters. The number of nitro groups is 1. The molecule has 4 aromatic rings. The Morgan fingerprint density at radius 1 is 0.857 bits per heavy atom. The van der Waals surface area contributed by atoms with Gasteiger partial charge in [0.05, 0.1) is 16.9 Å². The van der Waals surface area contributed by atoms with Gasteiger partial charge in [0.25, 0.3) is 5.69 Å². The molecule has 42 heavy (non-hydrogen) atoms. The van der Waals surface area contributed by atoms with Crippen molar-refractivity contribution in [1.29, 1.82) is 0 Å². The second-order valence-corrected chi connectivity index (χ2v) is 10.6. The van der Waals surface area contributed by atoms with Crippen molar-refractivity contribution in [2.24, 2.45) is 5.92 Å². The number of anilines is 2. The monoisotopic (exact) mass is 559 g/mol. The van der Waals surface area contributed by atoms with Gasteiger partial charge < -0.3 is 10.2 Å². The molecule has 1 fully saturated rings. The number of nitrogens with one attached hydrogen (secondary N) is 1. The van der Waals surface area contributed by atoms with E-state index in [0.29, 0.717) is 16.9 Å². The molecule has 206 valence electrons. The molecule has 3 heterocycles. The van der Waals surface area contributed by atoms with Crippen molar-refractivity contribution in [3.63, 3.8) is 0 Å². The van der Waals surface area contributed by atoms with Crippen LogP contribution in [0.15, 0.2) is 103 Å². The minimum atomic E-state index is -1.51. The van der Waals surface area contributed by atoms with Crippen molar-refractivity contribution < 1.29 is 23.7 Å². The molecule has 7 rings (SSSR count). The van der Waals surface area contributed by atoms with Gasteiger partial charge in [-0.15, -0.1) is 0 Å². The maximum atomic E-state index is 14.6. The van der Waals surface area contributed by atoms with Crippen molar-refractivity contribution >= 4 is 40.6 Å². The topological polar surface area (TPSA) is 110 Å². The molecule has 0 unspecified atom stereocenters. The molecule has 0 aliphatic carbocycles. The van der Waals surface area contributed by atoms with Crippen LogP contribution >= 0.6 is 0 Å². The van der Waals surface area contributed by atoms with Gasteiger partial charge in [-0.25, -0.2) is 4.39 Å². The highest BCUT2D eigenvalue weighted by molar-refractivity contribution is 6.18. The van der Waals surface area contributed by atoms with Gasteiger partial charge in [-0.3, -0.25) is 24.5 Å². The summed E-state index contributed by atoms with van der Waals surface area (Å²) in [7, 11) is 0. The third-order valence-electron chi connectivity index (χ3n) is 8.58. The smallest absolute Gasteiger partial charge is 0.269 e. The lowest BCUT2D eigenvalue weighted by molar-refractivity contribution is -0.384. The quantitative estimate of drug-likeness (QED) is 0.194. The van der Waals surface area contributed by atoms with Crippen LogP contribution in [0.4, 0.5) is 21.5 Å². The Morgan fingerprint density at radius 2 is 1.50 bits per heavy atom. The van der Waals surface area contributed by atoms with Crippen LogP contribution in [0.3, 0.4) is 0 Å². The predicted molar refractivity (Wildman–Crippen MR) is 154 cm³/mol. The normalized spacial score (nSPS) is 23.2. The number of non-ortho nitro benzene ring substituents is 1. The molecule has 1 amide bonds. The summed E-state index contributed by atoms with van der Waals surface area (Å²) in [5.74, 6) is -3.11. The molecular formula is C33H22FN3O5. The zero-order chi connectivity index (χ0) is 29.2. The zero-order valence-electron chi connectivity index (χ0n) is 21.9. The molecular weight excluding hydrogens is 537 g/mol. The van der Waals surface area contributed by atoms with Gasteiger partial charge in [-0.2, -0.15) is 0 Å². The zero-order valence-corrected chi connectivity index (χ0v) is 21.9. The van der Waals surface area contributed by atoms with Crippen LogP contribution in [0.5, 0.6) is 0 Å². The van der Waals surface area contributed by atoms with E-state index in [-0.39, 0.29) is 16.8 Å². The summed E-state index contributed by atoms with van der Waals surface area (Å²) in [5, 5.41) is 14.3. The second kappa shape index (κ2) is 9.31. The maximum Gasteiger partial charge on any atom is 0.269 e. The van der Waals surface area contributed by atoms with Crippen LogP contribution < -0.4 is 10.2 Å². The lowest BCUT2D eigenvalue weighted by Crippen LogP contribution is -2.51. The fourth-order valence-electron chi connectivity index (χ4n) is 6.83. The van der Waals surface area contributed by atoms with Crippen LogP contribution in [0.1, 0.15) is 31.8 Å². The number of nitrogens with zero attached hydrogens (tertiary/aromatic N) is 2. The van der Waals surface area contributed by atoms with E-state index in [1.807, 2.05) is 41.3 Å². The van der Waals surface area contributed by atoms with Crippen LogP contribution in [0, 0.1) is 21.8 Å². The van der Waals surface area contributed by atoms with E-state index in [0.717, 1.165) is 5.56 Å². The highest BCUT2D eigenvalue weighted by atomic mass is 19.1. The molecule has 1 saturated heterocycles. The van der Waals surface area contributed by atoms with Gasteiger partial charge in [-0.05, 0) is 59.7 Å². The molecule has 0 bridgehead atoms. The van der Waals surface area contributed by atoms with E-state index >= 15 is 0 Å². The number of benzene rings is 4. The minimum Gasteiger partial charge on any atom is -0.352 e. The van der Waals surface area contributed by atoms with Crippen molar-refractivity contribution in [2.75, 3.05) is 10.2 Å². The molecule has 8 nitrogen and oxygen atoms in total. The van der Waals surface area contributed by atoms with E-state index in [1.54, 1.807) is 24.3 Å². The summed E-state index contributed by atoms with van der Waals surface area (Å²) in [6.45, 7) is 0. The Balaban J connectivity index is 1.51. The number of ketones is 2. The molecule has 3 aliphatic heterocycles. The first-order chi connectivity index (χ1) is 20.3. The fraction of sp³-hybridized carbons (Fsp3) is 0.121. The van der Waals surface area contributed by atoms with E-state index in [1.165, 1.54) is 48.5 Å². The van der Waals surface area contributed by atoms with Crippen molar-refractivity contribution in [3.8, 4) is 0 Å². The number of nitro benzene ring substituents is 1. The van der Waals surface area contributed by atoms with Crippen LogP contribution in [-0.2, 0) is 10.2 Å². The maximum absolute atomic E-state index is 14.6. The van der Waals surface area contributed by atoms with Crippen molar-refractivity contribution in [3.05, 3.63) is 141 Å². The fourth-order valence-corrected chi connectivity index (χ4v) is 6.83. The number of halogens is 1. The van der Waals surface area contributed by atoms with Gasteiger partial charge in [0.1, 0.15) is 17.3 Å². The van der Waals surface area contributed by atoms with E-state index in [4.69, 9.17) is 0 Å². The second-order valence-electron chi connectivity index (χ2n) is 10.6. The largest absolute Gasteiger partial charge is 0.352 e. The summed E-state index contributed by atoms with van der Waals surface area (Å²) < 4.78 is 13.9. The van der Waals surface area contributed by atoms with Gasteiger partial charge in [0.2, 0.25) is 5.91 Å². The van der Waals surface area contributed by atoms with Gasteiger partial charge in [-0.1, -0.05) is 48.6 Å². The number of rotatable bonds is 5. The Morgan fingerprint density at radius 3 is 2.24 bits per heavy atom. The number of Topliss-reactive ketones (excluding diaryl/α,β-unsaturated/α-hetero) is 2. The lowest BCUT2D eigenvalue weighted by Gasteiger charge is -2.37. The number of carbonyl (C=O) groups is 3. The first kappa shape index (κ1) is 25.5. The average Bonchev–Trinajstić information content (AvgIpc) is 3.49. The van der Waals surface area contributed by atoms with E-state index in [2.05, 4.69) is 5.32 Å². The Bertz CT molecular complexity index is 1840. The van der Waals surface area contributed by atoms with Gasteiger partial charge >= 0.3 is 0 Å². The van der Waals surface area contributed by atoms with E-state index in [9.17, 15) is 28.9 Å². The molecule has 1 spiro atoms. The molecule has 3 aliphatic rings. The summed E-state index contributed by atoms with van der Waals surface area (Å²) in [6.07, 6.45) is 3.75. The molecule has 9 heteroatoms. The first-order valence-electron chi connectivity index (χ1n) is 13.4. The highest BCUT2D eigenvalue weighted by Crippen LogP contribution is 2.58. The number of carbonyl (C=O) groups excluding carboxylic acids is 3. The Labute approximate surface area is 239 Å². The molecule has 1 N–H and O–H groups in total. The molecule has 0 radical (unpaired) electrons. The summed E-state index contributed by atoms with van der Waals surface area (Å²) in [5.41, 5.74) is 1.27. The summed E-state index contributed by atoms with van der Waals surface area (Å²) in [6, 6.07) is 23.0. The predicted octanol–water partition coefficient (Wildman–Crippen LogP) is 5.59. The molecule has 0 saturated carbocycles. The average molecular weight is 560 g/mol. The lowest BCUT2D eigenvalue weighted by atomic mass is 9.64. The number of para-hydroxylation sites is 2. The third-order valence-corrected chi connectivity index (χ3v) is 8.58. The standard InChI is InChI=1S/C33H22FN3O5/c34-22-14-9-20(10-15-22)30(38)28-29(31(39)21-11-16-23(17-12-21)37(41)42)36-26-8-4-1-5-19(26)13-18-27(36)33(28)24-6-2-3-7-25(24)35-32(33)40/h1-18,27-29H,(H,35,40)/t27-,28+,29-,33+/m0/s1. The van der Waals surface area contributed by atoms with Gasteiger partial charge in [0.15, 0.2) is 11.6 Å². The van der Waals surface area contributed by atoms with Crippen LogP contribution in [-0.4, -0.2) is 34.5 Å². The van der Waals surface area contributed by atoms with Crippen molar-refractivity contribution in [1.82, 2.24) is 0 Å². The number of fused-ring (bicyclic) bond motifs is 6. The molecule has 4 aromatic carbocycles. The summed E-state index contributed by atoms with van der Waals surface area (Å²) >= 11 is 0. The molecule has 0 aromatic heterocycles. The first-order valence-corrected chi connectivity index (χ1v) is 13.4. The highest BCUT2D eigenvalue weighted by Gasteiger charge is 2.70.